The number of benzene rings is 1. The second-order valence-corrected chi connectivity index (χ2v) is 20.1. The first-order valence-corrected chi connectivity index (χ1v) is 21.1. The van der Waals surface area contributed by atoms with E-state index in [0.29, 0.717) is 51.7 Å². The molecule has 1 unspecified atom stereocenters. The summed E-state index contributed by atoms with van der Waals surface area (Å²) in [6.45, 7) is 12.3. The topological polar surface area (TPSA) is 102 Å². The summed E-state index contributed by atoms with van der Waals surface area (Å²) in [5, 5.41) is 25.6. The lowest BCUT2D eigenvalue weighted by atomic mass is 9.74. The molecule has 0 aromatic heterocycles. The number of nitrogens with one attached hydrogen (secondary N) is 1. The monoisotopic (exact) mass is 631 g/mol. The Bertz CT molecular complexity index is 984. The minimum atomic E-state index is -1.27. The van der Waals surface area contributed by atoms with E-state index in [-0.39, 0.29) is 18.0 Å². The van der Waals surface area contributed by atoms with Crippen LogP contribution in [0.1, 0.15) is 89.5 Å². The van der Waals surface area contributed by atoms with Crippen molar-refractivity contribution in [2.45, 2.75) is 121 Å². The lowest BCUT2D eigenvalue weighted by Gasteiger charge is -2.43. The molecular formula is C35H61N3O5Si. The number of unbranched alkanes of at least 4 members (excludes halogenated alkanes) is 1. The number of ether oxygens (including phenoxy) is 1. The molecule has 3 rings (SSSR count). The molecule has 1 aliphatic heterocycles. The van der Waals surface area contributed by atoms with E-state index in [2.05, 4.69) is 25.0 Å². The first-order chi connectivity index (χ1) is 21.0. The van der Waals surface area contributed by atoms with Gasteiger partial charge in [-0.3, -0.25) is 0 Å². The van der Waals surface area contributed by atoms with E-state index in [4.69, 9.17) is 4.74 Å². The van der Waals surface area contributed by atoms with Gasteiger partial charge in [-0.2, -0.15) is 0 Å². The summed E-state index contributed by atoms with van der Waals surface area (Å²) >= 11 is 0. The summed E-state index contributed by atoms with van der Waals surface area (Å²) in [6, 6.07) is 10.7. The molecule has 1 saturated carbocycles. The molecule has 250 valence electrons. The predicted molar refractivity (Wildman–Crippen MR) is 181 cm³/mol. The van der Waals surface area contributed by atoms with Gasteiger partial charge in [-0.05, 0) is 63.4 Å². The largest absolute Gasteiger partial charge is 0.465 e. The standard InChI is InChI=1S/C35H61N3O5Si/c1-5-43-24-13-12-21-35(42,30-18-10-7-11-19-30)31-20-14-22-37(27-31)33(39)36-32(26-29-16-8-6-9-17-29)28-38(34(40)41)23-15-25-44(2,3)4/h7,10-11,18-19,29,31-32,42H,5-6,8-9,12-17,20-28H2,1-4H3,(H,36,39)(H,40,41)/t31-,32+,35?/m1/s1. The minimum Gasteiger partial charge on any atom is -0.465 e. The van der Waals surface area contributed by atoms with Crippen molar-refractivity contribution >= 4 is 20.2 Å². The van der Waals surface area contributed by atoms with Crippen molar-refractivity contribution in [3.63, 3.8) is 0 Å². The van der Waals surface area contributed by atoms with E-state index in [1.165, 1.54) is 24.2 Å². The number of hydrogen-bond acceptors (Lipinski definition) is 4. The van der Waals surface area contributed by atoms with Gasteiger partial charge in [0.2, 0.25) is 0 Å². The fourth-order valence-corrected chi connectivity index (χ4v) is 8.43. The zero-order valence-corrected chi connectivity index (χ0v) is 29.1. The molecule has 3 amide bonds. The van der Waals surface area contributed by atoms with Crippen LogP contribution in [0.3, 0.4) is 0 Å². The number of urea groups is 1. The molecule has 1 aliphatic carbocycles. The molecule has 1 aromatic carbocycles. The number of piperidine rings is 1. The molecule has 1 saturated heterocycles. The third-order valence-corrected chi connectivity index (χ3v) is 11.5. The Kier molecular flexibility index (Phi) is 15.0. The van der Waals surface area contributed by atoms with Gasteiger partial charge in [0.05, 0.1) is 5.60 Å². The molecule has 0 spiro atoms. The van der Waals surface area contributed by atoms with Crippen LogP contribution in [0.5, 0.6) is 0 Å². The van der Waals surface area contributed by atoms with Gasteiger partial charge >= 0.3 is 12.1 Å². The molecule has 44 heavy (non-hydrogen) atoms. The number of rotatable bonds is 17. The maximum Gasteiger partial charge on any atom is 0.407 e. The summed E-state index contributed by atoms with van der Waals surface area (Å²) in [6.07, 6.45) is 10.8. The Morgan fingerprint density at radius 3 is 2.45 bits per heavy atom. The van der Waals surface area contributed by atoms with Gasteiger partial charge in [0.15, 0.2) is 0 Å². The molecule has 3 atom stereocenters. The quantitative estimate of drug-likeness (QED) is 0.122. The van der Waals surface area contributed by atoms with Crippen LogP contribution in [-0.2, 0) is 10.3 Å². The molecule has 9 heteroatoms. The molecule has 0 bridgehead atoms. The normalized spacial score (nSPS) is 20.1. The van der Waals surface area contributed by atoms with Crippen molar-refractivity contribution < 1.29 is 24.5 Å². The van der Waals surface area contributed by atoms with Gasteiger partial charge in [0.25, 0.3) is 0 Å². The zero-order valence-electron chi connectivity index (χ0n) is 28.1. The Balaban J connectivity index is 1.71. The second kappa shape index (κ2) is 18.1. The van der Waals surface area contributed by atoms with E-state index in [1.807, 2.05) is 42.2 Å². The number of carbonyl (C=O) groups excluding carboxylic acids is 1. The molecule has 1 heterocycles. The highest BCUT2D eigenvalue weighted by molar-refractivity contribution is 6.76. The number of nitrogens with zero attached hydrogens (tertiary/aromatic N) is 2. The van der Waals surface area contributed by atoms with Crippen molar-refractivity contribution in [3.8, 4) is 0 Å². The van der Waals surface area contributed by atoms with Gasteiger partial charge < -0.3 is 30.1 Å². The summed E-state index contributed by atoms with van der Waals surface area (Å²) in [7, 11) is -1.27. The number of carboxylic acid groups (broad SMARTS) is 1. The first kappa shape index (κ1) is 36.4. The molecule has 8 nitrogen and oxygen atoms in total. The van der Waals surface area contributed by atoms with Gasteiger partial charge in [-0.1, -0.05) is 88.1 Å². The van der Waals surface area contributed by atoms with E-state index in [9.17, 15) is 19.8 Å². The first-order valence-electron chi connectivity index (χ1n) is 17.4. The lowest BCUT2D eigenvalue weighted by Crippen LogP contribution is -2.54. The van der Waals surface area contributed by atoms with Crippen LogP contribution in [0.2, 0.25) is 25.7 Å². The van der Waals surface area contributed by atoms with Crippen LogP contribution in [0.15, 0.2) is 30.3 Å². The molecule has 2 fully saturated rings. The minimum absolute atomic E-state index is 0.0784. The van der Waals surface area contributed by atoms with Crippen LogP contribution in [0.25, 0.3) is 0 Å². The Labute approximate surface area is 267 Å². The number of carbonyl (C=O) groups is 2. The van der Waals surface area contributed by atoms with E-state index in [1.54, 1.807) is 0 Å². The number of likely N-dealkylation sites (tertiary alicyclic amines) is 1. The zero-order chi connectivity index (χ0) is 32.0. The molecule has 1 aromatic rings. The third kappa shape index (κ3) is 12.0. The van der Waals surface area contributed by atoms with Crippen LogP contribution in [-0.4, -0.2) is 85.6 Å². The van der Waals surface area contributed by atoms with Crippen LogP contribution in [0, 0.1) is 11.8 Å². The average Bonchev–Trinajstić information content (AvgIpc) is 3.00. The van der Waals surface area contributed by atoms with Crippen LogP contribution >= 0.6 is 0 Å². The fraction of sp³-hybridized carbons (Fsp3) is 0.771. The molecule has 0 radical (unpaired) electrons. The van der Waals surface area contributed by atoms with E-state index in [0.717, 1.165) is 63.0 Å². The van der Waals surface area contributed by atoms with E-state index >= 15 is 0 Å². The SMILES string of the molecule is CCOCCCCC(O)(c1ccccc1)[C@@H]1CCCN(C(=O)N[C@@H](CC2CCCCC2)CN(CCC[Si](C)(C)C)C(=O)O)C1. The Morgan fingerprint density at radius 1 is 1.07 bits per heavy atom. The van der Waals surface area contributed by atoms with E-state index < -0.39 is 19.8 Å². The summed E-state index contributed by atoms with van der Waals surface area (Å²) in [5.41, 5.74) is -0.112. The fourth-order valence-electron chi connectivity index (χ4n) is 7.21. The molecule has 2 aliphatic rings. The predicted octanol–water partition coefficient (Wildman–Crippen LogP) is 7.55. The van der Waals surface area contributed by atoms with Crippen molar-refractivity contribution in [1.82, 2.24) is 15.1 Å². The van der Waals surface area contributed by atoms with Crippen LogP contribution < -0.4 is 5.32 Å². The summed E-state index contributed by atoms with van der Waals surface area (Å²) in [4.78, 5) is 29.5. The molecular weight excluding hydrogens is 570 g/mol. The highest BCUT2D eigenvalue weighted by atomic mass is 28.3. The highest BCUT2D eigenvalue weighted by Crippen LogP contribution is 2.39. The summed E-state index contributed by atoms with van der Waals surface area (Å²) in [5.74, 6) is 0.436. The van der Waals surface area contributed by atoms with Crippen LogP contribution in [0.4, 0.5) is 9.59 Å². The third-order valence-electron chi connectivity index (χ3n) is 9.69. The van der Waals surface area contributed by atoms with Gasteiger partial charge in [0, 0.05) is 59.4 Å². The maximum atomic E-state index is 13.8. The van der Waals surface area contributed by atoms with Crippen molar-refractivity contribution in [2.75, 3.05) is 39.4 Å². The highest BCUT2D eigenvalue weighted by Gasteiger charge is 2.41. The van der Waals surface area contributed by atoms with Gasteiger partial charge in [0.1, 0.15) is 0 Å². The van der Waals surface area contributed by atoms with Gasteiger partial charge in [-0.15, -0.1) is 0 Å². The van der Waals surface area contributed by atoms with Crippen molar-refractivity contribution in [3.05, 3.63) is 35.9 Å². The van der Waals surface area contributed by atoms with Crippen molar-refractivity contribution in [1.29, 1.82) is 0 Å². The average molecular weight is 632 g/mol. The maximum absolute atomic E-state index is 13.8. The second-order valence-electron chi connectivity index (χ2n) is 14.5. The molecule has 3 N–H and O–H groups in total. The Hall–Kier alpha value is -2.10. The number of aliphatic hydroxyl groups is 1. The lowest BCUT2D eigenvalue weighted by molar-refractivity contribution is -0.0566. The summed E-state index contributed by atoms with van der Waals surface area (Å²) < 4.78 is 5.54. The smallest absolute Gasteiger partial charge is 0.407 e. The number of amides is 3. The van der Waals surface area contributed by atoms with Crippen molar-refractivity contribution in [2.24, 2.45) is 11.8 Å². The Morgan fingerprint density at radius 2 is 1.80 bits per heavy atom. The number of hydrogen-bond donors (Lipinski definition) is 3. The van der Waals surface area contributed by atoms with Gasteiger partial charge in [-0.25, -0.2) is 9.59 Å².